The van der Waals surface area contributed by atoms with Crippen molar-refractivity contribution in [3.05, 3.63) is 63.9 Å². The van der Waals surface area contributed by atoms with E-state index in [0.29, 0.717) is 17.4 Å². The summed E-state index contributed by atoms with van der Waals surface area (Å²) in [5, 5.41) is 17.1. The molecule has 0 aliphatic rings. The minimum Gasteiger partial charge on any atom is -0.593 e. The maximum absolute atomic E-state index is 14.5. The minimum atomic E-state index is -4.50. The van der Waals surface area contributed by atoms with Gasteiger partial charge in [-0.3, -0.25) is 0 Å². The summed E-state index contributed by atoms with van der Waals surface area (Å²) in [7, 11) is -3.07. The van der Waals surface area contributed by atoms with E-state index in [1.54, 1.807) is 6.07 Å². The second-order valence-corrected chi connectivity index (χ2v) is 9.40. The molecule has 0 unspecified atom stereocenters. The van der Waals surface area contributed by atoms with Crippen LogP contribution in [0.1, 0.15) is 15.9 Å². The predicted octanol–water partition coefficient (Wildman–Crippen LogP) is 3.48. The van der Waals surface area contributed by atoms with Gasteiger partial charge in [0.2, 0.25) is 5.13 Å². The summed E-state index contributed by atoms with van der Waals surface area (Å²) in [5.74, 6) is -2.17. The van der Waals surface area contributed by atoms with Gasteiger partial charge in [0.25, 0.3) is 15.8 Å². The van der Waals surface area contributed by atoms with Gasteiger partial charge in [0, 0.05) is 0 Å². The molecule has 1 heterocycles. The summed E-state index contributed by atoms with van der Waals surface area (Å²) in [6.07, 6.45) is 1.25. The Morgan fingerprint density at radius 1 is 1.33 bits per heavy atom. The predicted molar refractivity (Wildman–Crippen MR) is 110 cm³/mol. The molecule has 3 aromatic rings. The molecule has 0 radical (unpaired) electrons. The molecule has 0 fully saturated rings. The maximum Gasteiger partial charge on any atom is 0.335 e. The first-order valence-electron chi connectivity index (χ1n) is 8.19. The molecule has 0 saturated heterocycles. The van der Waals surface area contributed by atoms with E-state index in [-0.39, 0.29) is 27.3 Å². The van der Waals surface area contributed by atoms with Gasteiger partial charge in [-0.1, -0.05) is 22.9 Å². The SMILES string of the molecule is COc1ccc(CN(c2ncc(Cl)s2)S(=O)(=O)c2ccc(C(=O)O)cc2F)c([OH2+])c1. The van der Waals surface area contributed by atoms with Crippen molar-refractivity contribution in [3.8, 4) is 11.5 Å². The molecule has 0 aliphatic carbocycles. The molecule has 0 amide bonds. The fourth-order valence-corrected chi connectivity index (χ4v) is 5.11. The van der Waals surface area contributed by atoms with Gasteiger partial charge < -0.3 is 14.9 Å². The van der Waals surface area contributed by atoms with Crippen LogP contribution in [0.15, 0.2) is 47.5 Å². The van der Waals surface area contributed by atoms with Gasteiger partial charge in [0.15, 0.2) is 0 Å². The molecule has 2 aromatic carbocycles. The zero-order chi connectivity index (χ0) is 22.1. The van der Waals surface area contributed by atoms with Gasteiger partial charge in [-0.2, -0.15) is 0 Å². The van der Waals surface area contributed by atoms with E-state index in [2.05, 4.69) is 4.98 Å². The summed E-state index contributed by atoms with van der Waals surface area (Å²) in [4.78, 5) is 14.3. The zero-order valence-corrected chi connectivity index (χ0v) is 17.7. The summed E-state index contributed by atoms with van der Waals surface area (Å²) in [6.45, 7) is -0.324. The Balaban J connectivity index is 2.10. The first kappa shape index (κ1) is 21.8. The van der Waals surface area contributed by atoms with Crippen LogP contribution in [0.3, 0.4) is 0 Å². The van der Waals surface area contributed by atoms with Gasteiger partial charge in [-0.15, -0.1) is 0 Å². The van der Waals surface area contributed by atoms with E-state index in [1.807, 2.05) is 0 Å². The van der Waals surface area contributed by atoms with Crippen molar-refractivity contribution in [2.75, 3.05) is 11.4 Å². The van der Waals surface area contributed by atoms with Gasteiger partial charge in [-0.05, 0) is 30.3 Å². The Morgan fingerprint density at radius 2 is 2.07 bits per heavy atom. The summed E-state index contributed by atoms with van der Waals surface area (Å²) in [6, 6.07) is 7.00. The van der Waals surface area contributed by atoms with Crippen molar-refractivity contribution in [3.63, 3.8) is 0 Å². The fraction of sp³-hybridized carbons (Fsp3) is 0.111. The van der Waals surface area contributed by atoms with Gasteiger partial charge in [0.05, 0.1) is 37.0 Å². The topological polar surface area (TPSA) is 120 Å². The number of hydrogen-bond donors (Lipinski definition) is 1. The highest BCUT2D eigenvalue weighted by Gasteiger charge is 2.32. The number of hydrogen-bond acceptors (Lipinski definition) is 6. The monoisotopic (exact) mass is 473 g/mol. The molecule has 30 heavy (non-hydrogen) atoms. The molecule has 1 aromatic heterocycles. The average Bonchev–Trinajstić information content (AvgIpc) is 3.12. The molecular weight excluding hydrogens is 459 g/mol. The number of thiazole rings is 1. The molecule has 0 saturated carbocycles. The molecular formula is C18H15ClFN2O6S2+. The first-order chi connectivity index (χ1) is 14.1. The number of aromatic nitrogens is 1. The lowest BCUT2D eigenvalue weighted by molar-refractivity contribution is 0.0696. The first-order valence-corrected chi connectivity index (χ1v) is 10.8. The number of nitrogens with zero attached hydrogens (tertiary/aromatic N) is 2. The van der Waals surface area contributed by atoms with E-state index in [4.69, 9.17) is 26.6 Å². The largest absolute Gasteiger partial charge is 0.593 e. The van der Waals surface area contributed by atoms with Crippen molar-refractivity contribution >= 4 is 44.1 Å². The third kappa shape index (κ3) is 4.32. The molecule has 158 valence electrons. The van der Waals surface area contributed by atoms with E-state index >= 15 is 0 Å². The smallest absolute Gasteiger partial charge is 0.335 e. The number of carboxylic acids is 1. The highest BCUT2D eigenvalue weighted by molar-refractivity contribution is 7.93. The molecule has 3 rings (SSSR count). The number of methoxy groups -OCH3 is 1. The van der Waals surface area contributed by atoms with E-state index < -0.39 is 26.7 Å². The number of anilines is 1. The lowest BCUT2D eigenvalue weighted by Gasteiger charge is -2.22. The number of rotatable bonds is 7. The lowest BCUT2D eigenvalue weighted by Crippen LogP contribution is -2.31. The van der Waals surface area contributed by atoms with Crippen molar-refractivity contribution in [2.24, 2.45) is 0 Å². The number of benzene rings is 2. The van der Waals surface area contributed by atoms with Crippen LogP contribution in [0.25, 0.3) is 0 Å². The summed E-state index contributed by atoms with van der Waals surface area (Å²) in [5.41, 5.74) is -0.0767. The summed E-state index contributed by atoms with van der Waals surface area (Å²) < 4.78 is 47.1. The molecule has 0 bridgehead atoms. The Kier molecular flexibility index (Phi) is 6.15. The molecule has 3 N–H and O–H groups in total. The Bertz CT molecular complexity index is 1220. The normalized spacial score (nSPS) is 11.3. The second-order valence-electron chi connectivity index (χ2n) is 5.93. The van der Waals surface area contributed by atoms with Gasteiger partial charge in [0.1, 0.15) is 20.8 Å². The van der Waals surface area contributed by atoms with E-state index in [9.17, 15) is 17.6 Å². The standard InChI is InChI=1S/C18H14ClFN2O6S2/c1-28-12-4-2-11(14(23)7-12)9-22(18-21-8-16(19)29-18)30(26,27)15-5-3-10(17(24)25)6-13(15)20/h2-8,23H,9H2,1H3,(H,24,25)/p+1. The third-order valence-corrected chi connectivity index (χ3v) is 7.08. The molecule has 0 spiro atoms. The number of carboxylic acid groups (broad SMARTS) is 1. The fourth-order valence-electron chi connectivity index (χ4n) is 2.55. The molecule has 0 aliphatic heterocycles. The quantitative estimate of drug-likeness (QED) is 0.524. The Hall–Kier alpha value is -2.89. The van der Waals surface area contributed by atoms with Gasteiger partial charge >= 0.3 is 5.97 Å². The Labute approximate surface area is 179 Å². The van der Waals surface area contributed by atoms with E-state index in [1.165, 1.54) is 25.4 Å². The number of carbonyl (C=O) groups is 1. The van der Waals surface area contributed by atoms with Crippen LogP contribution in [-0.2, 0) is 16.6 Å². The van der Waals surface area contributed by atoms with Crippen LogP contribution >= 0.6 is 22.9 Å². The number of sulfonamides is 1. The maximum atomic E-state index is 14.5. The van der Waals surface area contributed by atoms with Crippen molar-refractivity contribution in [1.82, 2.24) is 4.98 Å². The van der Waals surface area contributed by atoms with Crippen molar-refractivity contribution < 1.29 is 32.6 Å². The zero-order valence-electron chi connectivity index (χ0n) is 15.3. The van der Waals surface area contributed by atoms with Crippen LogP contribution in [0, 0.1) is 5.82 Å². The average molecular weight is 474 g/mol. The molecule has 8 nitrogen and oxygen atoms in total. The molecule has 0 atom stereocenters. The van der Waals surface area contributed by atoms with Gasteiger partial charge in [-0.25, -0.2) is 26.9 Å². The number of ether oxygens (including phenoxy) is 1. The highest BCUT2D eigenvalue weighted by Crippen LogP contribution is 2.34. The second kappa shape index (κ2) is 8.46. The third-order valence-electron chi connectivity index (χ3n) is 4.06. The van der Waals surface area contributed by atoms with Crippen LogP contribution in [0.2, 0.25) is 4.34 Å². The Morgan fingerprint density at radius 3 is 2.60 bits per heavy atom. The molecule has 12 heteroatoms. The van der Waals surface area contributed by atoms with Crippen LogP contribution in [0.4, 0.5) is 9.52 Å². The van der Waals surface area contributed by atoms with Crippen molar-refractivity contribution in [2.45, 2.75) is 11.4 Å². The summed E-state index contributed by atoms with van der Waals surface area (Å²) >= 11 is 6.77. The van der Waals surface area contributed by atoms with E-state index in [0.717, 1.165) is 27.8 Å². The number of halogens is 2. The van der Waals surface area contributed by atoms with Crippen LogP contribution < -0.4 is 9.04 Å². The lowest BCUT2D eigenvalue weighted by atomic mass is 10.2. The van der Waals surface area contributed by atoms with Crippen LogP contribution in [-0.4, -0.2) is 36.7 Å². The minimum absolute atomic E-state index is 0.0129. The van der Waals surface area contributed by atoms with Crippen LogP contribution in [0.5, 0.6) is 11.5 Å². The van der Waals surface area contributed by atoms with Crippen molar-refractivity contribution in [1.29, 1.82) is 0 Å². The number of aromatic carboxylic acids is 1. The highest BCUT2D eigenvalue weighted by atomic mass is 35.5.